The number of alkyl halides is 2. The predicted octanol–water partition coefficient (Wildman–Crippen LogP) is 1.06. The maximum atomic E-state index is 12.3. The highest BCUT2D eigenvalue weighted by atomic mass is 19.1. The molecular weight excluding hydrogens is 114 g/mol. The highest BCUT2D eigenvalue weighted by Crippen LogP contribution is 2.13. The fourth-order valence-electron chi connectivity index (χ4n) is 0.183. The lowest BCUT2D eigenvalue weighted by Gasteiger charge is -2.17. The Kier molecular flexibility index (Phi) is 2.34. The first-order valence-corrected chi connectivity index (χ1v) is 2.41. The third-order valence-corrected chi connectivity index (χ3v) is 0.939. The Morgan fingerprint density at radius 1 is 1.62 bits per heavy atom. The summed E-state index contributed by atoms with van der Waals surface area (Å²) in [6, 6.07) is 0. The third kappa shape index (κ3) is 2.21. The number of halogens is 2. The van der Waals surface area contributed by atoms with Gasteiger partial charge < -0.3 is 5.11 Å². The van der Waals surface area contributed by atoms with Gasteiger partial charge in [-0.25, -0.2) is 8.78 Å². The van der Waals surface area contributed by atoms with E-state index >= 15 is 0 Å². The average Bonchev–Trinajstić information content (AvgIpc) is 1.62. The molecule has 0 aliphatic carbocycles. The molecule has 0 aromatic carbocycles. The summed E-state index contributed by atoms with van der Waals surface area (Å²) < 4.78 is 23.7. The quantitative estimate of drug-likeness (QED) is 0.583. The summed E-state index contributed by atoms with van der Waals surface area (Å²) in [5.74, 6) is 0. The van der Waals surface area contributed by atoms with Gasteiger partial charge in [-0.1, -0.05) is 0 Å². The van der Waals surface area contributed by atoms with Crippen molar-refractivity contribution in [3.63, 3.8) is 0 Å². The number of hydrogen-bond donors (Lipinski definition) is 1. The van der Waals surface area contributed by atoms with Gasteiger partial charge in [0.15, 0.2) is 0 Å². The van der Waals surface area contributed by atoms with E-state index in [1.165, 1.54) is 0 Å². The van der Waals surface area contributed by atoms with Crippen molar-refractivity contribution in [1.29, 1.82) is 0 Å². The van der Waals surface area contributed by atoms with Gasteiger partial charge in [-0.3, -0.25) is 0 Å². The molecule has 0 saturated heterocycles. The summed E-state index contributed by atoms with van der Waals surface area (Å²) in [5, 5.41) is 8.44. The van der Waals surface area contributed by atoms with Crippen molar-refractivity contribution in [2.75, 3.05) is 6.67 Å². The number of hydrogen-bond acceptors (Lipinski definition) is 1. The van der Waals surface area contributed by atoms with E-state index in [2.05, 4.69) is 0 Å². The molecule has 0 aliphatic rings. The van der Waals surface area contributed by atoms with Crippen LogP contribution in [-0.2, 0) is 0 Å². The molecule has 0 bridgehead atoms. The van der Waals surface area contributed by atoms with E-state index in [1.54, 1.807) is 0 Å². The number of aliphatic hydroxyl groups excluding tert-OH is 1. The van der Waals surface area contributed by atoms with Crippen LogP contribution >= 0.6 is 0 Å². The van der Waals surface area contributed by atoms with Crippen LogP contribution in [0.15, 0.2) is 0 Å². The van der Waals surface area contributed by atoms with E-state index in [-0.39, 0.29) is 0 Å². The standard InChI is InChI=1S/C5H10F2O/c1-5(2,7)4(8)3-6/h4,8H,3H2,1-2H3. The Morgan fingerprint density at radius 2 is 2.00 bits per heavy atom. The molecule has 0 spiro atoms. The molecular formula is C5H10F2O. The lowest BCUT2D eigenvalue weighted by Crippen LogP contribution is -2.32. The smallest absolute Gasteiger partial charge is 0.133 e. The van der Waals surface area contributed by atoms with Crippen molar-refractivity contribution in [3.8, 4) is 0 Å². The highest BCUT2D eigenvalue weighted by molar-refractivity contribution is 4.75. The van der Waals surface area contributed by atoms with Crippen LogP contribution in [0.5, 0.6) is 0 Å². The van der Waals surface area contributed by atoms with E-state index in [9.17, 15) is 8.78 Å². The summed E-state index contributed by atoms with van der Waals surface area (Å²) >= 11 is 0. The van der Waals surface area contributed by atoms with Crippen molar-refractivity contribution >= 4 is 0 Å². The molecule has 0 aliphatic heterocycles. The molecule has 0 aromatic heterocycles. The first-order chi connectivity index (χ1) is 3.48. The zero-order valence-corrected chi connectivity index (χ0v) is 4.99. The average molecular weight is 124 g/mol. The van der Waals surface area contributed by atoms with E-state index in [4.69, 9.17) is 5.11 Å². The largest absolute Gasteiger partial charge is 0.387 e. The van der Waals surface area contributed by atoms with Crippen molar-refractivity contribution < 1.29 is 13.9 Å². The van der Waals surface area contributed by atoms with Crippen molar-refractivity contribution in [3.05, 3.63) is 0 Å². The molecule has 0 amide bonds. The maximum absolute atomic E-state index is 12.3. The Balaban J connectivity index is 3.62. The summed E-state index contributed by atoms with van der Waals surface area (Å²) in [6.07, 6.45) is -1.48. The van der Waals surface area contributed by atoms with Crippen LogP contribution in [0.1, 0.15) is 13.8 Å². The molecule has 1 N–H and O–H groups in total. The molecule has 0 saturated carbocycles. The Bertz CT molecular complexity index is 67.3. The third-order valence-electron chi connectivity index (χ3n) is 0.939. The predicted molar refractivity (Wildman–Crippen MR) is 27.2 cm³/mol. The second-order valence-electron chi connectivity index (χ2n) is 2.23. The summed E-state index contributed by atoms with van der Waals surface area (Å²) in [6.45, 7) is 1.25. The molecule has 0 rings (SSSR count). The van der Waals surface area contributed by atoms with E-state index < -0.39 is 18.4 Å². The zero-order chi connectivity index (χ0) is 6.78. The lowest BCUT2D eigenvalue weighted by atomic mass is 10.1. The molecule has 0 radical (unpaired) electrons. The van der Waals surface area contributed by atoms with Gasteiger partial charge in [-0.2, -0.15) is 0 Å². The normalized spacial score (nSPS) is 16.1. The topological polar surface area (TPSA) is 20.2 Å². The molecule has 1 nitrogen and oxygen atoms in total. The van der Waals surface area contributed by atoms with Gasteiger partial charge >= 0.3 is 0 Å². The number of rotatable bonds is 2. The van der Waals surface area contributed by atoms with Gasteiger partial charge in [0.1, 0.15) is 18.4 Å². The van der Waals surface area contributed by atoms with Gasteiger partial charge in [0.2, 0.25) is 0 Å². The minimum atomic E-state index is -1.81. The van der Waals surface area contributed by atoms with Crippen LogP contribution in [0.2, 0.25) is 0 Å². The van der Waals surface area contributed by atoms with Gasteiger partial charge in [0.05, 0.1) is 0 Å². The fourth-order valence-corrected chi connectivity index (χ4v) is 0.183. The van der Waals surface area contributed by atoms with E-state index in [0.29, 0.717) is 0 Å². The maximum Gasteiger partial charge on any atom is 0.133 e. The van der Waals surface area contributed by atoms with Gasteiger partial charge in [-0.15, -0.1) is 0 Å². The summed E-state index contributed by atoms with van der Waals surface area (Å²) in [7, 11) is 0. The molecule has 0 heterocycles. The number of aliphatic hydroxyl groups is 1. The minimum absolute atomic E-state index is 1.02. The molecule has 8 heavy (non-hydrogen) atoms. The monoisotopic (exact) mass is 124 g/mol. The van der Waals surface area contributed by atoms with Crippen molar-refractivity contribution in [2.24, 2.45) is 0 Å². The molecule has 50 valence electrons. The lowest BCUT2D eigenvalue weighted by molar-refractivity contribution is 0.00192. The van der Waals surface area contributed by atoms with Crippen LogP contribution in [-0.4, -0.2) is 23.6 Å². The van der Waals surface area contributed by atoms with Gasteiger partial charge in [-0.05, 0) is 13.8 Å². The molecule has 0 fully saturated rings. The molecule has 0 aromatic rings. The molecule has 1 atom stereocenters. The second kappa shape index (κ2) is 2.40. The first kappa shape index (κ1) is 7.82. The minimum Gasteiger partial charge on any atom is -0.387 e. The molecule has 1 unspecified atom stereocenters. The second-order valence-corrected chi connectivity index (χ2v) is 2.23. The van der Waals surface area contributed by atoms with Gasteiger partial charge in [0.25, 0.3) is 0 Å². The zero-order valence-electron chi connectivity index (χ0n) is 4.99. The van der Waals surface area contributed by atoms with Crippen LogP contribution in [0.25, 0.3) is 0 Å². The Labute approximate surface area is 47.3 Å². The summed E-state index contributed by atoms with van der Waals surface area (Å²) in [5.41, 5.74) is -1.81. The highest BCUT2D eigenvalue weighted by Gasteiger charge is 2.26. The van der Waals surface area contributed by atoms with Crippen LogP contribution in [0.3, 0.4) is 0 Å². The van der Waals surface area contributed by atoms with E-state index in [0.717, 1.165) is 13.8 Å². The molecule has 3 heteroatoms. The van der Waals surface area contributed by atoms with Crippen LogP contribution < -0.4 is 0 Å². The Hall–Kier alpha value is -0.180. The van der Waals surface area contributed by atoms with Crippen molar-refractivity contribution in [2.45, 2.75) is 25.6 Å². The SMILES string of the molecule is CC(C)(F)C(O)CF. The fraction of sp³-hybridized carbons (Fsp3) is 1.00. The van der Waals surface area contributed by atoms with Crippen LogP contribution in [0, 0.1) is 0 Å². The van der Waals surface area contributed by atoms with Gasteiger partial charge in [0, 0.05) is 0 Å². The first-order valence-electron chi connectivity index (χ1n) is 2.41. The summed E-state index contributed by atoms with van der Waals surface area (Å²) in [4.78, 5) is 0. The van der Waals surface area contributed by atoms with Crippen LogP contribution in [0.4, 0.5) is 8.78 Å². The Morgan fingerprint density at radius 3 is 2.00 bits per heavy atom. The van der Waals surface area contributed by atoms with Crippen molar-refractivity contribution in [1.82, 2.24) is 0 Å². The van der Waals surface area contributed by atoms with E-state index in [1.807, 2.05) is 0 Å².